The molecule has 0 spiro atoms. The molecule has 0 heterocycles. The molecule has 0 aromatic rings. The zero-order chi connectivity index (χ0) is 12.2. The van der Waals surface area contributed by atoms with E-state index in [9.17, 15) is 4.79 Å². The number of amides is 1. The van der Waals surface area contributed by atoms with Gasteiger partial charge in [-0.25, -0.2) is 0 Å². The van der Waals surface area contributed by atoms with Gasteiger partial charge in [0, 0.05) is 25.6 Å². The Kier molecular flexibility index (Phi) is 10.4. The van der Waals surface area contributed by atoms with Crippen LogP contribution in [-0.2, 0) is 9.53 Å². The molecular formula is C11H24N2O3. The highest BCUT2D eigenvalue weighted by atomic mass is 16.5. The molecule has 1 unspecified atom stereocenters. The van der Waals surface area contributed by atoms with Crippen molar-refractivity contribution in [2.75, 3.05) is 32.9 Å². The SMILES string of the molecule is CCC(C)NC(=O)CCNCCOCCO. The van der Waals surface area contributed by atoms with Crippen molar-refractivity contribution in [3.63, 3.8) is 0 Å². The van der Waals surface area contributed by atoms with E-state index in [0.29, 0.717) is 32.7 Å². The summed E-state index contributed by atoms with van der Waals surface area (Å²) >= 11 is 0. The fourth-order valence-electron chi connectivity index (χ4n) is 1.09. The summed E-state index contributed by atoms with van der Waals surface area (Å²) < 4.78 is 5.06. The van der Waals surface area contributed by atoms with Gasteiger partial charge in [0.05, 0.1) is 19.8 Å². The van der Waals surface area contributed by atoms with Crippen LogP contribution in [-0.4, -0.2) is 50.0 Å². The number of carbonyl (C=O) groups excluding carboxylic acids is 1. The van der Waals surface area contributed by atoms with E-state index in [2.05, 4.69) is 10.6 Å². The summed E-state index contributed by atoms with van der Waals surface area (Å²) in [5.41, 5.74) is 0. The molecule has 1 amide bonds. The molecule has 0 fully saturated rings. The van der Waals surface area contributed by atoms with Gasteiger partial charge in [-0.2, -0.15) is 0 Å². The highest BCUT2D eigenvalue weighted by Crippen LogP contribution is 1.88. The van der Waals surface area contributed by atoms with Crippen molar-refractivity contribution in [2.24, 2.45) is 0 Å². The predicted molar refractivity (Wildman–Crippen MR) is 63.3 cm³/mol. The van der Waals surface area contributed by atoms with E-state index in [1.54, 1.807) is 0 Å². The maximum Gasteiger partial charge on any atom is 0.221 e. The first-order valence-corrected chi connectivity index (χ1v) is 5.89. The van der Waals surface area contributed by atoms with Crippen molar-refractivity contribution >= 4 is 5.91 Å². The van der Waals surface area contributed by atoms with E-state index in [4.69, 9.17) is 9.84 Å². The van der Waals surface area contributed by atoms with E-state index in [-0.39, 0.29) is 18.6 Å². The van der Waals surface area contributed by atoms with Crippen LogP contribution in [0.3, 0.4) is 0 Å². The molecule has 1 atom stereocenters. The van der Waals surface area contributed by atoms with Crippen molar-refractivity contribution in [1.82, 2.24) is 10.6 Å². The number of hydrogen-bond donors (Lipinski definition) is 3. The fraction of sp³-hybridized carbons (Fsp3) is 0.909. The van der Waals surface area contributed by atoms with Gasteiger partial charge in [0.2, 0.25) is 5.91 Å². The van der Waals surface area contributed by atoms with E-state index < -0.39 is 0 Å². The van der Waals surface area contributed by atoms with Crippen LogP contribution < -0.4 is 10.6 Å². The largest absolute Gasteiger partial charge is 0.394 e. The lowest BCUT2D eigenvalue weighted by Gasteiger charge is -2.11. The van der Waals surface area contributed by atoms with Crippen LogP contribution in [0.2, 0.25) is 0 Å². The number of aliphatic hydroxyl groups excluding tert-OH is 1. The smallest absolute Gasteiger partial charge is 0.221 e. The number of ether oxygens (including phenoxy) is 1. The summed E-state index contributed by atoms with van der Waals surface area (Å²) in [4.78, 5) is 11.3. The number of nitrogens with one attached hydrogen (secondary N) is 2. The lowest BCUT2D eigenvalue weighted by atomic mass is 10.2. The number of hydrogen-bond acceptors (Lipinski definition) is 4. The highest BCUT2D eigenvalue weighted by molar-refractivity contribution is 5.76. The second-order valence-corrected chi connectivity index (χ2v) is 3.71. The monoisotopic (exact) mass is 232 g/mol. The lowest BCUT2D eigenvalue weighted by molar-refractivity contribution is -0.121. The average molecular weight is 232 g/mol. The topological polar surface area (TPSA) is 70.6 Å². The third-order valence-corrected chi connectivity index (χ3v) is 2.21. The standard InChI is InChI=1S/C11H24N2O3/c1-3-10(2)13-11(15)4-5-12-6-8-16-9-7-14/h10,12,14H,3-9H2,1-2H3,(H,13,15). The Morgan fingerprint density at radius 1 is 1.38 bits per heavy atom. The molecule has 0 aromatic carbocycles. The average Bonchev–Trinajstić information content (AvgIpc) is 2.27. The second-order valence-electron chi connectivity index (χ2n) is 3.71. The minimum Gasteiger partial charge on any atom is -0.394 e. The Morgan fingerprint density at radius 3 is 2.75 bits per heavy atom. The van der Waals surface area contributed by atoms with Gasteiger partial charge in [-0.05, 0) is 13.3 Å². The maximum atomic E-state index is 11.3. The summed E-state index contributed by atoms with van der Waals surface area (Å²) in [6.07, 6.45) is 1.44. The van der Waals surface area contributed by atoms with Gasteiger partial charge in [-0.3, -0.25) is 4.79 Å². The van der Waals surface area contributed by atoms with Crippen LogP contribution in [0, 0.1) is 0 Å². The lowest BCUT2D eigenvalue weighted by Crippen LogP contribution is -2.34. The van der Waals surface area contributed by atoms with Crippen molar-refractivity contribution in [2.45, 2.75) is 32.7 Å². The Hall–Kier alpha value is -0.650. The number of rotatable bonds is 10. The molecule has 5 heteroatoms. The second kappa shape index (κ2) is 10.9. The molecule has 0 aliphatic heterocycles. The molecule has 96 valence electrons. The van der Waals surface area contributed by atoms with Gasteiger partial charge < -0.3 is 20.5 Å². The first kappa shape index (κ1) is 15.3. The molecule has 0 aliphatic rings. The molecule has 0 aliphatic carbocycles. The third kappa shape index (κ3) is 9.89. The zero-order valence-corrected chi connectivity index (χ0v) is 10.3. The summed E-state index contributed by atoms with van der Waals surface area (Å²) in [5, 5.41) is 14.4. The molecule has 0 bridgehead atoms. The van der Waals surface area contributed by atoms with E-state index in [1.807, 2.05) is 13.8 Å². The molecule has 5 nitrogen and oxygen atoms in total. The van der Waals surface area contributed by atoms with Gasteiger partial charge in [0.25, 0.3) is 0 Å². The van der Waals surface area contributed by atoms with Crippen LogP contribution in [0.4, 0.5) is 0 Å². The number of aliphatic hydroxyl groups is 1. The van der Waals surface area contributed by atoms with Crippen molar-refractivity contribution in [1.29, 1.82) is 0 Å². The minimum atomic E-state index is 0.0529. The summed E-state index contributed by atoms with van der Waals surface area (Å²) in [5.74, 6) is 0.0816. The van der Waals surface area contributed by atoms with E-state index in [0.717, 1.165) is 6.42 Å². The Bertz CT molecular complexity index is 177. The van der Waals surface area contributed by atoms with Gasteiger partial charge in [-0.1, -0.05) is 6.92 Å². The Labute approximate surface area is 97.6 Å². The van der Waals surface area contributed by atoms with Gasteiger partial charge in [0.15, 0.2) is 0 Å². The first-order chi connectivity index (χ1) is 7.70. The van der Waals surface area contributed by atoms with Crippen LogP contribution in [0.5, 0.6) is 0 Å². The summed E-state index contributed by atoms with van der Waals surface area (Å²) in [6, 6.07) is 0.250. The van der Waals surface area contributed by atoms with E-state index in [1.165, 1.54) is 0 Å². The van der Waals surface area contributed by atoms with Crippen molar-refractivity contribution < 1.29 is 14.6 Å². The molecule has 0 radical (unpaired) electrons. The summed E-state index contributed by atoms with van der Waals surface area (Å²) in [6.45, 7) is 6.39. The third-order valence-electron chi connectivity index (χ3n) is 2.21. The van der Waals surface area contributed by atoms with Gasteiger partial charge in [0.1, 0.15) is 0 Å². The Balaban J connectivity index is 3.21. The normalized spacial score (nSPS) is 12.4. The van der Waals surface area contributed by atoms with Crippen molar-refractivity contribution in [3.8, 4) is 0 Å². The molecule has 16 heavy (non-hydrogen) atoms. The fourth-order valence-corrected chi connectivity index (χ4v) is 1.09. The number of carbonyl (C=O) groups is 1. The van der Waals surface area contributed by atoms with Crippen LogP contribution >= 0.6 is 0 Å². The molecule has 0 saturated heterocycles. The first-order valence-electron chi connectivity index (χ1n) is 5.89. The minimum absolute atomic E-state index is 0.0529. The van der Waals surface area contributed by atoms with Crippen LogP contribution in [0.25, 0.3) is 0 Å². The molecule has 3 N–H and O–H groups in total. The Morgan fingerprint density at radius 2 is 2.12 bits per heavy atom. The molecule has 0 aromatic heterocycles. The summed E-state index contributed by atoms with van der Waals surface area (Å²) in [7, 11) is 0. The predicted octanol–water partition coefficient (Wildman–Crippen LogP) is -0.110. The highest BCUT2D eigenvalue weighted by Gasteiger charge is 2.03. The quantitative estimate of drug-likeness (QED) is 0.460. The van der Waals surface area contributed by atoms with Gasteiger partial charge >= 0.3 is 0 Å². The van der Waals surface area contributed by atoms with E-state index >= 15 is 0 Å². The zero-order valence-electron chi connectivity index (χ0n) is 10.3. The molecular weight excluding hydrogens is 208 g/mol. The maximum absolute atomic E-state index is 11.3. The van der Waals surface area contributed by atoms with Crippen molar-refractivity contribution in [3.05, 3.63) is 0 Å². The molecule has 0 saturated carbocycles. The van der Waals surface area contributed by atoms with Crippen LogP contribution in [0.1, 0.15) is 26.7 Å². The van der Waals surface area contributed by atoms with Gasteiger partial charge in [-0.15, -0.1) is 0 Å². The molecule has 0 rings (SSSR count). The van der Waals surface area contributed by atoms with Crippen LogP contribution in [0.15, 0.2) is 0 Å².